The van der Waals surface area contributed by atoms with Crippen molar-refractivity contribution in [1.29, 1.82) is 0 Å². The lowest BCUT2D eigenvalue weighted by Crippen LogP contribution is -2.54. The first-order valence-electron chi connectivity index (χ1n) is 8.78. The van der Waals surface area contributed by atoms with E-state index in [1.807, 2.05) is 18.2 Å². The van der Waals surface area contributed by atoms with E-state index >= 15 is 0 Å². The number of fused-ring (bicyclic) bond motifs is 1. The summed E-state index contributed by atoms with van der Waals surface area (Å²) in [5.41, 5.74) is 0.878. The van der Waals surface area contributed by atoms with Crippen LogP contribution in [-0.2, 0) is 11.0 Å². The monoisotopic (exact) mass is 333 g/mol. The molecule has 5 aliphatic rings. The van der Waals surface area contributed by atoms with Crippen molar-refractivity contribution in [3.8, 4) is 11.5 Å². The highest BCUT2D eigenvalue weighted by molar-refractivity contribution is 7.87. The second-order valence-electron chi connectivity index (χ2n) is 7.83. The Morgan fingerprint density at radius 3 is 2.22 bits per heavy atom. The van der Waals surface area contributed by atoms with Gasteiger partial charge in [0.05, 0.1) is 10.4 Å². The topological polar surface area (TPSA) is 47.6 Å². The van der Waals surface area contributed by atoms with Gasteiger partial charge in [-0.3, -0.25) is 0 Å². The Morgan fingerprint density at radius 1 is 0.957 bits per heavy atom. The first-order chi connectivity index (χ1) is 11.2. The highest BCUT2D eigenvalue weighted by Gasteiger charge is 2.54. The van der Waals surface area contributed by atoms with Gasteiger partial charge in [-0.15, -0.1) is 0 Å². The van der Waals surface area contributed by atoms with Crippen LogP contribution in [0.3, 0.4) is 0 Å². The second-order valence-corrected chi connectivity index (χ2v) is 9.44. The van der Waals surface area contributed by atoms with Crippen LogP contribution in [0.25, 0.3) is 0 Å². The number of ether oxygens (including phenoxy) is 2. The highest BCUT2D eigenvalue weighted by atomic mass is 32.2. The van der Waals surface area contributed by atoms with Gasteiger partial charge in [-0.25, -0.2) is 4.21 Å². The van der Waals surface area contributed by atoms with Gasteiger partial charge >= 0.3 is 0 Å². The lowest BCUT2D eigenvalue weighted by molar-refractivity contribution is 0.0363. The fraction of sp³-hybridized carbons (Fsp3) is 0.667. The van der Waals surface area contributed by atoms with Crippen LogP contribution in [-0.4, -0.2) is 22.2 Å². The maximum absolute atomic E-state index is 13.2. The number of anilines is 1. The average Bonchev–Trinajstić information content (AvgIpc) is 2.53. The zero-order valence-electron chi connectivity index (χ0n) is 13.3. The fourth-order valence-electron chi connectivity index (χ4n) is 5.58. The number of hydrogen-bond donors (Lipinski definition) is 1. The van der Waals surface area contributed by atoms with Gasteiger partial charge in [0.1, 0.15) is 24.2 Å². The van der Waals surface area contributed by atoms with E-state index in [-0.39, 0.29) is 4.75 Å². The van der Waals surface area contributed by atoms with Crippen LogP contribution in [0.1, 0.15) is 38.5 Å². The summed E-state index contributed by atoms with van der Waals surface area (Å²) in [6, 6.07) is 5.78. The van der Waals surface area contributed by atoms with Crippen LogP contribution in [0.15, 0.2) is 18.2 Å². The summed E-state index contributed by atoms with van der Waals surface area (Å²) >= 11 is 0. The molecule has 124 valence electrons. The third kappa shape index (κ3) is 2.35. The predicted molar refractivity (Wildman–Crippen MR) is 90.1 cm³/mol. The molecule has 0 saturated heterocycles. The van der Waals surface area contributed by atoms with Gasteiger partial charge in [0.15, 0.2) is 11.5 Å². The van der Waals surface area contributed by atoms with Crippen molar-refractivity contribution in [3.63, 3.8) is 0 Å². The van der Waals surface area contributed by atoms with E-state index < -0.39 is 11.0 Å². The van der Waals surface area contributed by atoms with Crippen LogP contribution in [0.2, 0.25) is 0 Å². The van der Waals surface area contributed by atoms with E-state index in [1.54, 1.807) is 0 Å². The number of rotatable bonds is 3. The maximum Gasteiger partial charge on any atom is 0.163 e. The van der Waals surface area contributed by atoms with Crippen LogP contribution >= 0.6 is 0 Å². The predicted octanol–water partition coefficient (Wildman–Crippen LogP) is 3.50. The summed E-state index contributed by atoms with van der Waals surface area (Å²) in [7, 11) is -1.02. The first kappa shape index (κ1) is 14.1. The summed E-state index contributed by atoms with van der Waals surface area (Å²) in [5.74, 6) is 3.97. The van der Waals surface area contributed by atoms with E-state index in [0.717, 1.165) is 54.2 Å². The molecule has 0 spiro atoms. The van der Waals surface area contributed by atoms with Crippen LogP contribution in [0.4, 0.5) is 5.69 Å². The molecule has 5 heteroatoms. The van der Waals surface area contributed by atoms with Gasteiger partial charge in [0.2, 0.25) is 0 Å². The van der Waals surface area contributed by atoms with Crippen LogP contribution in [0.5, 0.6) is 11.5 Å². The summed E-state index contributed by atoms with van der Waals surface area (Å²) in [4.78, 5) is 0. The van der Waals surface area contributed by atoms with E-state index in [1.165, 1.54) is 19.3 Å². The first-order valence-corrected chi connectivity index (χ1v) is 9.93. The van der Waals surface area contributed by atoms with E-state index in [2.05, 4.69) is 4.72 Å². The zero-order chi connectivity index (χ0) is 15.4. The Hall–Kier alpha value is -1.23. The summed E-state index contributed by atoms with van der Waals surface area (Å²) < 4.78 is 27.6. The van der Waals surface area contributed by atoms with Gasteiger partial charge in [-0.1, -0.05) is 0 Å². The van der Waals surface area contributed by atoms with Gasteiger partial charge in [0.25, 0.3) is 0 Å². The molecule has 6 rings (SSSR count). The van der Waals surface area contributed by atoms with Crippen molar-refractivity contribution < 1.29 is 13.7 Å². The maximum atomic E-state index is 13.2. The molecule has 1 aliphatic heterocycles. The number of hydrogen-bond acceptors (Lipinski definition) is 3. The van der Waals surface area contributed by atoms with Crippen molar-refractivity contribution in [1.82, 2.24) is 0 Å². The molecule has 4 aliphatic carbocycles. The molecule has 4 saturated carbocycles. The van der Waals surface area contributed by atoms with Crippen LogP contribution in [0, 0.1) is 17.8 Å². The molecule has 0 aromatic heterocycles. The van der Waals surface area contributed by atoms with Crippen molar-refractivity contribution >= 4 is 16.7 Å². The van der Waals surface area contributed by atoms with Crippen molar-refractivity contribution in [2.24, 2.45) is 17.8 Å². The summed E-state index contributed by atoms with van der Waals surface area (Å²) in [5, 5.41) is 0. The molecule has 0 radical (unpaired) electrons. The van der Waals surface area contributed by atoms with E-state index in [9.17, 15) is 4.21 Å². The minimum absolute atomic E-state index is 0.00199. The van der Waals surface area contributed by atoms with Crippen LogP contribution < -0.4 is 14.2 Å². The largest absolute Gasteiger partial charge is 0.486 e. The van der Waals surface area contributed by atoms with Crippen molar-refractivity contribution in [2.75, 3.05) is 17.9 Å². The minimum atomic E-state index is -1.02. The van der Waals surface area contributed by atoms with Gasteiger partial charge < -0.3 is 14.2 Å². The molecule has 1 aromatic carbocycles. The lowest BCUT2D eigenvalue weighted by Gasteiger charge is -2.55. The third-order valence-corrected chi connectivity index (χ3v) is 7.84. The second kappa shape index (κ2) is 5.13. The summed E-state index contributed by atoms with van der Waals surface area (Å²) in [6.45, 7) is 1.17. The molecule has 1 heterocycles. The summed E-state index contributed by atoms with van der Waals surface area (Å²) in [6.07, 6.45) is 7.55. The fourth-order valence-corrected chi connectivity index (χ4v) is 7.30. The molecule has 1 aromatic rings. The smallest absolute Gasteiger partial charge is 0.163 e. The molecule has 0 unspecified atom stereocenters. The normalized spacial score (nSPS) is 38.3. The molecule has 23 heavy (non-hydrogen) atoms. The molecule has 4 fully saturated rings. The van der Waals surface area contributed by atoms with Gasteiger partial charge in [-0.2, -0.15) is 0 Å². The standard InChI is InChI=1S/C18H23NO3S/c20-23(18-9-12-5-13(10-18)7-14(6-12)11-18)19-15-1-2-16-17(8-15)22-4-3-21-16/h1-2,8,12-14,19H,3-7,9-11H2/t12?,13?,14?,18?,23-/m1/s1. The molecular formula is C18H23NO3S. The Kier molecular flexibility index (Phi) is 3.16. The molecular weight excluding hydrogens is 310 g/mol. The third-order valence-electron chi connectivity index (χ3n) is 6.13. The molecule has 1 N–H and O–H groups in total. The number of nitrogens with one attached hydrogen (secondary N) is 1. The lowest BCUT2D eigenvalue weighted by atomic mass is 9.56. The number of benzene rings is 1. The Labute approximate surface area is 139 Å². The van der Waals surface area contributed by atoms with E-state index in [4.69, 9.17) is 9.47 Å². The SMILES string of the molecule is O=[S@@](Nc1ccc2c(c1)OCCO2)C12CC3CC(CC(C3)C1)C2. The Morgan fingerprint density at radius 2 is 1.57 bits per heavy atom. The van der Waals surface area contributed by atoms with Crippen molar-refractivity contribution in [2.45, 2.75) is 43.3 Å². The molecule has 4 bridgehead atoms. The van der Waals surface area contributed by atoms with Gasteiger partial charge in [0, 0.05) is 6.07 Å². The molecule has 1 atom stereocenters. The van der Waals surface area contributed by atoms with Crippen molar-refractivity contribution in [3.05, 3.63) is 18.2 Å². The molecule has 4 nitrogen and oxygen atoms in total. The minimum Gasteiger partial charge on any atom is -0.486 e. The average molecular weight is 333 g/mol. The zero-order valence-corrected chi connectivity index (χ0v) is 14.1. The highest BCUT2D eigenvalue weighted by Crippen LogP contribution is 2.58. The van der Waals surface area contributed by atoms with Gasteiger partial charge in [-0.05, 0) is 68.4 Å². The Balaban J connectivity index is 1.37. The Bertz CT molecular complexity index is 624. The quantitative estimate of drug-likeness (QED) is 0.921. The molecule has 0 amide bonds. The van der Waals surface area contributed by atoms with E-state index in [0.29, 0.717) is 13.2 Å².